The monoisotopic (exact) mass is 350 g/mol. The van der Waals surface area contributed by atoms with Crippen LogP contribution in [0.5, 0.6) is 11.5 Å². The highest BCUT2D eigenvalue weighted by Gasteiger charge is 2.19. The quantitative estimate of drug-likeness (QED) is 0.639. The number of nitro benzene ring substituents is 1. The lowest BCUT2D eigenvalue weighted by Gasteiger charge is -2.13. The summed E-state index contributed by atoms with van der Waals surface area (Å²) in [4.78, 5) is 10.6. The molecule has 6 heteroatoms. The molecule has 0 heterocycles. The van der Waals surface area contributed by atoms with E-state index >= 15 is 0 Å². The molecule has 0 fully saturated rings. The van der Waals surface area contributed by atoms with Crippen molar-refractivity contribution in [1.82, 2.24) is 5.32 Å². The molecule has 1 unspecified atom stereocenters. The van der Waals surface area contributed by atoms with Gasteiger partial charge in [0.15, 0.2) is 0 Å². The van der Waals surface area contributed by atoms with E-state index in [1.807, 2.05) is 32.2 Å². The van der Waals surface area contributed by atoms with E-state index in [1.54, 1.807) is 18.2 Å². The molecule has 0 saturated heterocycles. The van der Waals surface area contributed by atoms with Crippen LogP contribution in [0.2, 0.25) is 0 Å². The number of ether oxygens (including phenoxy) is 1. The summed E-state index contributed by atoms with van der Waals surface area (Å²) in [7, 11) is 1.87. The average molecular weight is 351 g/mol. The first-order valence-electron chi connectivity index (χ1n) is 6.41. The van der Waals surface area contributed by atoms with E-state index in [2.05, 4.69) is 21.2 Å². The maximum atomic E-state index is 11.1. The predicted octanol–water partition coefficient (Wildman–Crippen LogP) is 4.43. The Morgan fingerprint density at radius 1 is 1.29 bits per heavy atom. The number of benzene rings is 2. The van der Waals surface area contributed by atoms with Crippen molar-refractivity contribution in [2.24, 2.45) is 0 Å². The van der Waals surface area contributed by atoms with Crippen molar-refractivity contribution in [2.45, 2.75) is 13.0 Å². The fourth-order valence-corrected chi connectivity index (χ4v) is 2.31. The molecule has 0 aliphatic rings. The van der Waals surface area contributed by atoms with E-state index in [0.717, 1.165) is 5.56 Å². The average Bonchev–Trinajstić information content (AvgIpc) is 2.48. The highest BCUT2D eigenvalue weighted by Crippen LogP contribution is 2.38. The Balaban J connectivity index is 2.37. The molecule has 0 amide bonds. The van der Waals surface area contributed by atoms with Crippen LogP contribution in [-0.4, -0.2) is 12.0 Å². The zero-order valence-corrected chi connectivity index (χ0v) is 13.3. The van der Waals surface area contributed by atoms with Crippen LogP contribution >= 0.6 is 15.9 Å². The van der Waals surface area contributed by atoms with Gasteiger partial charge in [0, 0.05) is 12.1 Å². The first-order chi connectivity index (χ1) is 10.0. The molecular formula is C15H15BrN2O3. The third-order valence-electron chi connectivity index (χ3n) is 3.15. The highest BCUT2D eigenvalue weighted by atomic mass is 79.9. The predicted molar refractivity (Wildman–Crippen MR) is 84.8 cm³/mol. The first-order valence-corrected chi connectivity index (χ1v) is 7.20. The minimum Gasteiger partial charge on any atom is -0.449 e. The Kier molecular flexibility index (Phi) is 4.93. The van der Waals surface area contributed by atoms with Gasteiger partial charge in [-0.3, -0.25) is 10.1 Å². The number of rotatable bonds is 5. The van der Waals surface area contributed by atoms with Crippen molar-refractivity contribution in [3.63, 3.8) is 0 Å². The van der Waals surface area contributed by atoms with Gasteiger partial charge in [-0.15, -0.1) is 0 Å². The molecule has 0 radical (unpaired) electrons. The van der Waals surface area contributed by atoms with E-state index in [0.29, 0.717) is 10.2 Å². The van der Waals surface area contributed by atoms with E-state index < -0.39 is 4.92 Å². The van der Waals surface area contributed by atoms with Gasteiger partial charge in [0.25, 0.3) is 0 Å². The Morgan fingerprint density at radius 2 is 2.00 bits per heavy atom. The summed E-state index contributed by atoms with van der Waals surface area (Å²) >= 11 is 3.29. The van der Waals surface area contributed by atoms with Gasteiger partial charge in [-0.2, -0.15) is 0 Å². The smallest absolute Gasteiger partial charge is 0.312 e. The molecular weight excluding hydrogens is 336 g/mol. The summed E-state index contributed by atoms with van der Waals surface area (Å²) in [5, 5.41) is 14.2. The molecule has 0 aliphatic carbocycles. The Morgan fingerprint density at radius 3 is 2.67 bits per heavy atom. The molecule has 0 saturated carbocycles. The number of hydrogen-bond acceptors (Lipinski definition) is 4. The fourth-order valence-electron chi connectivity index (χ4n) is 1.87. The summed E-state index contributed by atoms with van der Waals surface area (Å²) in [6.07, 6.45) is 0. The standard InChI is InChI=1S/C15H15BrN2O3/c1-10(17-2)11-5-3-6-12(9-11)21-15-13(16)7-4-8-14(15)18(19)20/h3-10,17H,1-2H3. The van der Waals surface area contributed by atoms with E-state index in [1.165, 1.54) is 6.07 Å². The topological polar surface area (TPSA) is 64.4 Å². The van der Waals surface area contributed by atoms with Gasteiger partial charge in [0.05, 0.1) is 9.40 Å². The van der Waals surface area contributed by atoms with Gasteiger partial charge >= 0.3 is 5.69 Å². The number of para-hydroxylation sites is 1. The van der Waals surface area contributed by atoms with Crippen molar-refractivity contribution in [3.05, 3.63) is 62.6 Å². The summed E-state index contributed by atoms with van der Waals surface area (Å²) < 4.78 is 6.27. The highest BCUT2D eigenvalue weighted by molar-refractivity contribution is 9.10. The molecule has 5 nitrogen and oxygen atoms in total. The second-order valence-corrected chi connectivity index (χ2v) is 5.38. The van der Waals surface area contributed by atoms with Gasteiger partial charge in [0.2, 0.25) is 5.75 Å². The normalized spacial score (nSPS) is 12.0. The van der Waals surface area contributed by atoms with Crippen LogP contribution in [0, 0.1) is 10.1 Å². The van der Waals surface area contributed by atoms with Gasteiger partial charge < -0.3 is 10.1 Å². The number of halogens is 1. The molecule has 1 atom stereocenters. The van der Waals surface area contributed by atoms with E-state index in [9.17, 15) is 10.1 Å². The summed E-state index contributed by atoms with van der Waals surface area (Å²) in [5.74, 6) is 0.765. The first kappa shape index (κ1) is 15.5. The van der Waals surface area contributed by atoms with Crippen LogP contribution in [0.25, 0.3) is 0 Å². The lowest BCUT2D eigenvalue weighted by molar-refractivity contribution is -0.385. The molecule has 21 heavy (non-hydrogen) atoms. The lowest BCUT2D eigenvalue weighted by atomic mass is 10.1. The van der Waals surface area contributed by atoms with Crippen molar-refractivity contribution in [2.75, 3.05) is 7.05 Å². The van der Waals surface area contributed by atoms with Crippen LogP contribution in [0.3, 0.4) is 0 Å². The third kappa shape index (κ3) is 3.59. The molecule has 0 aromatic heterocycles. The van der Waals surface area contributed by atoms with Crippen molar-refractivity contribution < 1.29 is 9.66 Å². The van der Waals surface area contributed by atoms with Gasteiger partial charge in [-0.25, -0.2) is 0 Å². The molecule has 1 N–H and O–H groups in total. The van der Waals surface area contributed by atoms with E-state index in [4.69, 9.17) is 4.74 Å². The van der Waals surface area contributed by atoms with Crippen molar-refractivity contribution in [1.29, 1.82) is 0 Å². The van der Waals surface area contributed by atoms with Crippen LogP contribution in [0.15, 0.2) is 46.9 Å². The Labute approximate surface area is 131 Å². The Hall–Kier alpha value is -1.92. The number of nitrogens with one attached hydrogen (secondary N) is 1. The third-order valence-corrected chi connectivity index (χ3v) is 3.78. The van der Waals surface area contributed by atoms with Crippen molar-refractivity contribution in [3.8, 4) is 11.5 Å². The molecule has 0 aliphatic heterocycles. The summed E-state index contributed by atoms with van der Waals surface area (Å²) in [6.45, 7) is 2.03. The van der Waals surface area contributed by atoms with Gasteiger partial charge in [0.1, 0.15) is 5.75 Å². The van der Waals surface area contributed by atoms with Crippen LogP contribution in [0.4, 0.5) is 5.69 Å². The zero-order chi connectivity index (χ0) is 15.4. The number of hydrogen-bond donors (Lipinski definition) is 1. The maximum Gasteiger partial charge on any atom is 0.312 e. The largest absolute Gasteiger partial charge is 0.449 e. The second-order valence-electron chi connectivity index (χ2n) is 4.53. The molecule has 0 bridgehead atoms. The molecule has 2 rings (SSSR count). The second kappa shape index (κ2) is 6.69. The minimum absolute atomic E-state index is 0.0727. The number of nitro groups is 1. The van der Waals surface area contributed by atoms with Gasteiger partial charge in [-0.1, -0.05) is 18.2 Å². The van der Waals surface area contributed by atoms with Gasteiger partial charge in [-0.05, 0) is 53.7 Å². The van der Waals surface area contributed by atoms with Crippen LogP contribution in [-0.2, 0) is 0 Å². The minimum atomic E-state index is -0.458. The maximum absolute atomic E-state index is 11.1. The SMILES string of the molecule is CNC(C)c1cccc(Oc2c(Br)cccc2[N+](=O)[O-])c1. The molecule has 0 spiro atoms. The Bertz CT molecular complexity index is 661. The zero-order valence-electron chi connectivity index (χ0n) is 11.7. The summed E-state index contributed by atoms with van der Waals surface area (Å²) in [6, 6.07) is 12.4. The number of nitrogens with zero attached hydrogens (tertiary/aromatic N) is 1. The summed E-state index contributed by atoms with van der Waals surface area (Å²) in [5.41, 5.74) is 0.973. The van der Waals surface area contributed by atoms with E-state index in [-0.39, 0.29) is 17.5 Å². The molecule has 2 aromatic carbocycles. The lowest BCUT2D eigenvalue weighted by Crippen LogP contribution is -2.12. The van der Waals surface area contributed by atoms with Crippen LogP contribution in [0.1, 0.15) is 18.5 Å². The van der Waals surface area contributed by atoms with Crippen LogP contribution < -0.4 is 10.1 Å². The molecule has 110 valence electrons. The fraction of sp³-hybridized carbons (Fsp3) is 0.200. The van der Waals surface area contributed by atoms with Crippen molar-refractivity contribution >= 4 is 21.6 Å². The molecule has 2 aromatic rings.